The molecule has 46 heavy (non-hydrogen) atoms. The highest BCUT2D eigenvalue weighted by molar-refractivity contribution is 7.07. The summed E-state index contributed by atoms with van der Waals surface area (Å²) >= 11 is 1.27. The van der Waals surface area contributed by atoms with Crippen LogP contribution in [0.25, 0.3) is 16.8 Å². The first kappa shape index (κ1) is 31.0. The Morgan fingerprint density at radius 3 is 2.43 bits per heavy atom. The molecule has 9 heteroatoms. The first-order valence-corrected chi connectivity index (χ1v) is 16.0. The summed E-state index contributed by atoms with van der Waals surface area (Å²) in [7, 11) is 1.60. The number of fused-ring (bicyclic) bond motifs is 2. The molecule has 234 valence electrons. The van der Waals surface area contributed by atoms with Crippen molar-refractivity contribution in [1.82, 2.24) is 9.47 Å². The largest absolute Gasteiger partial charge is 0.496 e. The van der Waals surface area contributed by atoms with E-state index in [9.17, 15) is 14.0 Å². The first-order valence-electron chi connectivity index (χ1n) is 15.2. The van der Waals surface area contributed by atoms with Crippen LogP contribution in [0, 0.1) is 5.82 Å². The summed E-state index contributed by atoms with van der Waals surface area (Å²) in [6.07, 6.45) is 1.80. The number of likely N-dealkylation sites (N-methyl/N-ethyl adjacent to an activating group) is 1. The molecule has 1 aliphatic rings. The van der Waals surface area contributed by atoms with Crippen molar-refractivity contribution in [2.75, 3.05) is 20.2 Å². The number of hydrogen-bond acceptors (Lipinski definition) is 6. The molecule has 0 N–H and O–H groups in total. The fourth-order valence-corrected chi connectivity index (χ4v) is 6.94. The molecule has 0 radical (unpaired) electrons. The second kappa shape index (κ2) is 13.1. The standard InChI is InChI=1S/C37H34FN3O4S/c1-5-40(6-2)36(43)32-23(3)39-37-41(34(32)33-28-13-9-7-11-25(28)17-20-30(33)44-4)35(42)31(46-37)21-26-12-8-10-14-29(26)45-22-24-15-18-27(38)19-16-24/h7-21,34H,5-6,22H2,1-4H3/b31-21+/t34-/m1/s1. The van der Waals surface area contributed by atoms with Crippen LogP contribution >= 0.6 is 11.3 Å². The summed E-state index contributed by atoms with van der Waals surface area (Å²) in [4.78, 5) is 35.7. The monoisotopic (exact) mass is 635 g/mol. The Morgan fingerprint density at radius 1 is 0.978 bits per heavy atom. The molecule has 6 rings (SSSR count). The van der Waals surface area contributed by atoms with Crippen LogP contribution < -0.4 is 24.4 Å². The van der Waals surface area contributed by atoms with Crippen molar-refractivity contribution in [1.29, 1.82) is 0 Å². The minimum Gasteiger partial charge on any atom is -0.496 e. The third-order valence-corrected chi connectivity index (χ3v) is 9.22. The average molecular weight is 636 g/mol. The fourth-order valence-electron chi connectivity index (χ4n) is 5.90. The predicted molar refractivity (Wildman–Crippen MR) is 179 cm³/mol. The minimum absolute atomic E-state index is 0.167. The molecule has 0 aliphatic carbocycles. The van der Waals surface area contributed by atoms with E-state index in [4.69, 9.17) is 14.5 Å². The van der Waals surface area contributed by atoms with Crippen molar-refractivity contribution < 1.29 is 18.7 Å². The van der Waals surface area contributed by atoms with E-state index in [-0.39, 0.29) is 23.9 Å². The summed E-state index contributed by atoms with van der Waals surface area (Å²) in [6.45, 7) is 6.99. The average Bonchev–Trinajstić information content (AvgIpc) is 3.38. The third kappa shape index (κ3) is 5.74. The summed E-state index contributed by atoms with van der Waals surface area (Å²) in [5.74, 6) is 0.687. The Kier molecular flexibility index (Phi) is 8.85. The van der Waals surface area contributed by atoms with E-state index in [0.717, 1.165) is 21.9 Å². The molecule has 1 atom stereocenters. The topological polar surface area (TPSA) is 73.1 Å². The van der Waals surface area contributed by atoms with Gasteiger partial charge in [-0.3, -0.25) is 14.2 Å². The predicted octanol–water partition coefficient (Wildman–Crippen LogP) is 5.98. The Labute approximate surface area is 270 Å². The van der Waals surface area contributed by atoms with Gasteiger partial charge in [0.2, 0.25) is 0 Å². The van der Waals surface area contributed by atoms with Crippen LogP contribution in [-0.2, 0) is 11.4 Å². The maximum atomic E-state index is 14.5. The van der Waals surface area contributed by atoms with E-state index in [0.29, 0.717) is 50.8 Å². The van der Waals surface area contributed by atoms with Crippen molar-refractivity contribution in [3.63, 3.8) is 0 Å². The van der Waals surface area contributed by atoms with Crippen molar-refractivity contribution in [2.24, 2.45) is 4.99 Å². The quantitative estimate of drug-likeness (QED) is 0.200. The molecule has 0 fully saturated rings. The number of benzene rings is 4. The van der Waals surface area contributed by atoms with Gasteiger partial charge in [0.25, 0.3) is 11.5 Å². The van der Waals surface area contributed by atoms with E-state index in [1.807, 2.05) is 81.4 Å². The van der Waals surface area contributed by atoms with Gasteiger partial charge in [-0.25, -0.2) is 9.38 Å². The van der Waals surface area contributed by atoms with Crippen molar-refractivity contribution >= 4 is 34.1 Å². The Bertz CT molecular complexity index is 2150. The lowest BCUT2D eigenvalue weighted by molar-refractivity contribution is -0.127. The zero-order valence-corrected chi connectivity index (χ0v) is 26.9. The lowest BCUT2D eigenvalue weighted by atomic mass is 9.90. The second-order valence-electron chi connectivity index (χ2n) is 10.9. The lowest BCUT2D eigenvalue weighted by Gasteiger charge is -2.30. The summed E-state index contributed by atoms with van der Waals surface area (Å²) in [5.41, 5.74) is 3.01. The molecule has 1 amide bonds. The fraction of sp³-hybridized carbons (Fsp3) is 0.216. The van der Waals surface area contributed by atoms with Crippen molar-refractivity contribution in [3.05, 3.63) is 138 Å². The number of halogens is 1. The number of para-hydroxylation sites is 1. The van der Waals surface area contributed by atoms with Crippen LogP contribution in [0.1, 0.15) is 43.5 Å². The molecule has 0 saturated carbocycles. The number of rotatable bonds is 9. The normalized spacial score (nSPS) is 14.6. The van der Waals surface area contributed by atoms with Gasteiger partial charge in [0, 0.05) is 24.2 Å². The number of methoxy groups -OCH3 is 1. The van der Waals surface area contributed by atoms with Gasteiger partial charge in [-0.05, 0) is 67.4 Å². The smallest absolute Gasteiger partial charge is 0.271 e. The highest BCUT2D eigenvalue weighted by atomic mass is 32.1. The number of carbonyl (C=O) groups is 1. The van der Waals surface area contributed by atoms with Crippen LogP contribution in [0.3, 0.4) is 0 Å². The molecule has 1 aromatic heterocycles. The van der Waals surface area contributed by atoms with Gasteiger partial charge >= 0.3 is 0 Å². The number of thiazole rings is 1. The highest BCUT2D eigenvalue weighted by Crippen LogP contribution is 2.40. The van der Waals surface area contributed by atoms with E-state index in [1.54, 1.807) is 34.8 Å². The SMILES string of the molecule is CCN(CC)C(=O)C1=C(C)N=c2s/c(=C/c3ccccc3OCc3ccc(F)cc3)c(=O)n2[C@H]1c1c(OC)ccc2ccccc12. The van der Waals surface area contributed by atoms with E-state index >= 15 is 0 Å². The Hall–Kier alpha value is -5.02. The molecule has 0 unspecified atom stereocenters. The molecular weight excluding hydrogens is 601 g/mol. The third-order valence-electron chi connectivity index (χ3n) is 8.24. The van der Waals surface area contributed by atoms with E-state index in [2.05, 4.69) is 0 Å². The number of nitrogens with zero attached hydrogens (tertiary/aromatic N) is 3. The van der Waals surface area contributed by atoms with Gasteiger partial charge in [0.1, 0.15) is 30.0 Å². The number of carbonyl (C=O) groups excluding carboxylic acids is 1. The number of allylic oxidation sites excluding steroid dienone is 1. The van der Waals surface area contributed by atoms with Crippen LogP contribution in [0.4, 0.5) is 4.39 Å². The Balaban J connectivity index is 1.54. The highest BCUT2D eigenvalue weighted by Gasteiger charge is 2.36. The summed E-state index contributed by atoms with van der Waals surface area (Å²) < 4.78 is 27.5. The lowest BCUT2D eigenvalue weighted by Crippen LogP contribution is -2.43. The maximum Gasteiger partial charge on any atom is 0.271 e. The molecule has 2 heterocycles. The molecule has 4 aromatic carbocycles. The molecular formula is C37H34FN3O4S. The zero-order valence-electron chi connectivity index (χ0n) is 26.1. The van der Waals surface area contributed by atoms with Crippen LogP contribution in [0.5, 0.6) is 11.5 Å². The summed E-state index contributed by atoms with van der Waals surface area (Å²) in [5, 5.41) is 1.86. The molecule has 1 aliphatic heterocycles. The van der Waals surface area contributed by atoms with Crippen LogP contribution in [0.2, 0.25) is 0 Å². The van der Waals surface area contributed by atoms with Crippen LogP contribution in [0.15, 0.2) is 106 Å². The van der Waals surface area contributed by atoms with Crippen LogP contribution in [-0.4, -0.2) is 35.6 Å². The van der Waals surface area contributed by atoms with Gasteiger partial charge < -0.3 is 14.4 Å². The number of ether oxygens (including phenoxy) is 2. The van der Waals surface area contributed by atoms with E-state index in [1.165, 1.54) is 23.5 Å². The van der Waals surface area contributed by atoms with Gasteiger partial charge in [0.05, 0.1) is 22.9 Å². The van der Waals surface area contributed by atoms with Gasteiger partial charge in [-0.2, -0.15) is 0 Å². The molecule has 7 nitrogen and oxygen atoms in total. The number of amides is 1. The van der Waals surface area contributed by atoms with Gasteiger partial charge in [-0.15, -0.1) is 0 Å². The molecule has 0 bridgehead atoms. The maximum absolute atomic E-state index is 14.5. The Morgan fingerprint density at radius 2 is 1.70 bits per heavy atom. The van der Waals surface area contributed by atoms with E-state index < -0.39 is 6.04 Å². The first-order chi connectivity index (χ1) is 22.3. The molecule has 5 aromatic rings. The number of aromatic nitrogens is 1. The number of hydrogen-bond donors (Lipinski definition) is 0. The molecule has 0 saturated heterocycles. The zero-order chi connectivity index (χ0) is 32.4. The van der Waals surface area contributed by atoms with Gasteiger partial charge in [-0.1, -0.05) is 72.0 Å². The minimum atomic E-state index is -0.766. The van der Waals surface area contributed by atoms with Crippen molar-refractivity contribution in [3.8, 4) is 11.5 Å². The van der Waals surface area contributed by atoms with Gasteiger partial charge in [0.15, 0.2) is 4.80 Å². The molecule has 0 spiro atoms. The summed E-state index contributed by atoms with van der Waals surface area (Å²) in [6, 6.07) is 24.6. The van der Waals surface area contributed by atoms with Crippen molar-refractivity contribution in [2.45, 2.75) is 33.4 Å². The second-order valence-corrected chi connectivity index (χ2v) is 11.9.